The van der Waals surface area contributed by atoms with E-state index in [1.54, 1.807) is 0 Å². The molecule has 0 radical (unpaired) electrons. The second-order valence-corrected chi connectivity index (χ2v) is 5.27. The van der Waals surface area contributed by atoms with Crippen molar-refractivity contribution in [1.82, 2.24) is 4.90 Å². The van der Waals surface area contributed by atoms with Crippen molar-refractivity contribution in [3.8, 4) is 5.75 Å². The highest BCUT2D eigenvalue weighted by Gasteiger charge is 2.29. The number of rotatable bonds is 9. The third-order valence-corrected chi connectivity index (χ3v) is 3.47. The first-order valence-corrected chi connectivity index (χ1v) is 7.17. The molecule has 1 aromatic rings. The van der Waals surface area contributed by atoms with Gasteiger partial charge in [0.1, 0.15) is 18.5 Å². The first kappa shape index (κ1) is 15.3. The van der Waals surface area contributed by atoms with Crippen LogP contribution in [0.3, 0.4) is 0 Å². The molecule has 0 spiro atoms. The molecule has 1 atom stereocenters. The number of aliphatic hydroxyl groups excluding tert-OH is 2. The highest BCUT2D eigenvalue weighted by molar-refractivity contribution is 5.28. The molecule has 0 amide bonds. The van der Waals surface area contributed by atoms with Crippen LogP contribution in [-0.2, 0) is 6.54 Å². The molecule has 0 aliphatic heterocycles. The Labute approximate surface area is 120 Å². The van der Waals surface area contributed by atoms with E-state index >= 15 is 0 Å². The van der Waals surface area contributed by atoms with Crippen LogP contribution in [0.1, 0.15) is 18.4 Å². The van der Waals surface area contributed by atoms with E-state index in [4.69, 9.17) is 15.6 Å². The third kappa shape index (κ3) is 4.76. The van der Waals surface area contributed by atoms with Gasteiger partial charge in [0.2, 0.25) is 0 Å². The van der Waals surface area contributed by atoms with Crippen LogP contribution in [0, 0.1) is 0 Å². The maximum absolute atomic E-state index is 10.0. The Kier molecular flexibility index (Phi) is 5.79. The zero-order valence-corrected chi connectivity index (χ0v) is 11.7. The average Bonchev–Trinajstić information content (AvgIpc) is 3.29. The van der Waals surface area contributed by atoms with E-state index in [0.717, 1.165) is 24.2 Å². The van der Waals surface area contributed by atoms with Crippen molar-refractivity contribution in [3.63, 3.8) is 0 Å². The van der Waals surface area contributed by atoms with Crippen LogP contribution in [0.15, 0.2) is 24.3 Å². The summed E-state index contributed by atoms with van der Waals surface area (Å²) in [5.41, 5.74) is 6.59. The molecular weight excluding hydrogens is 256 g/mol. The predicted molar refractivity (Wildman–Crippen MR) is 77.5 cm³/mol. The standard InChI is InChI=1S/C15H24N2O3/c16-9-12-2-1-3-15(8-12)20-11-14(19)10-17(6-7-18)13-4-5-13/h1-3,8,13-14,18-19H,4-7,9-11,16H2. The summed E-state index contributed by atoms with van der Waals surface area (Å²) < 4.78 is 5.59. The summed E-state index contributed by atoms with van der Waals surface area (Å²) >= 11 is 0. The second-order valence-electron chi connectivity index (χ2n) is 5.27. The normalized spacial score (nSPS) is 16.4. The van der Waals surface area contributed by atoms with Gasteiger partial charge in [-0.05, 0) is 30.5 Å². The summed E-state index contributed by atoms with van der Waals surface area (Å²) in [6.07, 6.45) is 1.77. The molecule has 1 saturated carbocycles. The van der Waals surface area contributed by atoms with Gasteiger partial charge in [-0.2, -0.15) is 0 Å². The Balaban J connectivity index is 1.77. The minimum Gasteiger partial charge on any atom is -0.491 e. The van der Waals surface area contributed by atoms with Crippen molar-refractivity contribution in [2.75, 3.05) is 26.3 Å². The van der Waals surface area contributed by atoms with Crippen LogP contribution in [-0.4, -0.2) is 53.6 Å². The molecule has 2 rings (SSSR count). The SMILES string of the molecule is NCc1cccc(OCC(O)CN(CCO)C2CC2)c1. The first-order chi connectivity index (χ1) is 9.72. The monoisotopic (exact) mass is 280 g/mol. The van der Waals surface area contributed by atoms with Crippen LogP contribution < -0.4 is 10.5 Å². The van der Waals surface area contributed by atoms with Gasteiger partial charge in [0.05, 0.1) is 6.61 Å². The number of hydrogen-bond acceptors (Lipinski definition) is 5. The summed E-state index contributed by atoms with van der Waals surface area (Å²) in [7, 11) is 0. The predicted octanol–water partition coefficient (Wildman–Crippen LogP) is 0.342. The maximum atomic E-state index is 10.0. The van der Waals surface area contributed by atoms with Crippen molar-refractivity contribution in [2.24, 2.45) is 5.73 Å². The number of aliphatic hydroxyl groups is 2. The zero-order chi connectivity index (χ0) is 14.4. The number of hydrogen-bond donors (Lipinski definition) is 3. The summed E-state index contributed by atoms with van der Waals surface area (Å²) in [5, 5.41) is 19.1. The molecule has 0 bridgehead atoms. The molecule has 1 fully saturated rings. The number of benzene rings is 1. The third-order valence-electron chi connectivity index (χ3n) is 3.47. The molecule has 5 heteroatoms. The summed E-state index contributed by atoms with van der Waals surface area (Å²) in [5.74, 6) is 0.729. The molecule has 4 N–H and O–H groups in total. The van der Waals surface area contributed by atoms with Gasteiger partial charge in [0, 0.05) is 25.7 Å². The average molecular weight is 280 g/mol. The molecule has 1 aliphatic rings. The molecule has 1 aliphatic carbocycles. The largest absolute Gasteiger partial charge is 0.491 e. The van der Waals surface area contributed by atoms with E-state index in [-0.39, 0.29) is 13.2 Å². The summed E-state index contributed by atoms with van der Waals surface area (Å²) in [6.45, 7) is 2.02. The van der Waals surface area contributed by atoms with Gasteiger partial charge in [-0.25, -0.2) is 0 Å². The smallest absolute Gasteiger partial charge is 0.119 e. The maximum Gasteiger partial charge on any atom is 0.119 e. The lowest BCUT2D eigenvalue weighted by atomic mass is 10.2. The molecule has 20 heavy (non-hydrogen) atoms. The van der Waals surface area contributed by atoms with Crippen LogP contribution in [0.25, 0.3) is 0 Å². The fraction of sp³-hybridized carbons (Fsp3) is 0.600. The van der Waals surface area contributed by atoms with Crippen molar-refractivity contribution < 1.29 is 14.9 Å². The topological polar surface area (TPSA) is 79.0 Å². The van der Waals surface area contributed by atoms with Crippen LogP contribution in [0.4, 0.5) is 0 Å². The minimum absolute atomic E-state index is 0.128. The fourth-order valence-corrected chi connectivity index (χ4v) is 2.27. The number of nitrogens with two attached hydrogens (primary N) is 1. The highest BCUT2D eigenvalue weighted by atomic mass is 16.5. The molecular formula is C15H24N2O3. The molecule has 112 valence electrons. The highest BCUT2D eigenvalue weighted by Crippen LogP contribution is 2.26. The molecule has 0 saturated heterocycles. The van der Waals surface area contributed by atoms with Gasteiger partial charge in [0.15, 0.2) is 0 Å². The zero-order valence-electron chi connectivity index (χ0n) is 11.7. The Morgan fingerprint density at radius 2 is 2.20 bits per heavy atom. The van der Waals surface area contributed by atoms with Gasteiger partial charge in [-0.15, -0.1) is 0 Å². The van der Waals surface area contributed by atoms with Crippen LogP contribution in [0.2, 0.25) is 0 Å². The van der Waals surface area contributed by atoms with Gasteiger partial charge in [-0.1, -0.05) is 12.1 Å². The van der Waals surface area contributed by atoms with E-state index in [9.17, 15) is 5.11 Å². The van der Waals surface area contributed by atoms with Gasteiger partial charge >= 0.3 is 0 Å². The molecule has 5 nitrogen and oxygen atoms in total. The van der Waals surface area contributed by atoms with Crippen LogP contribution in [0.5, 0.6) is 5.75 Å². The Morgan fingerprint density at radius 1 is 1.40 bits per heavy atom. The molecule has 0 heterocycles. The second kappa shape index (κ2) is 7.59. The fourth-order valence-electron chi connectivity index (χ4n) is 2.27. The van der Waals surface area contributed by atoms with E-state index in [1.807, 2.05) is 24.3 Å². The first-order valence-electron chi connectivity index (χ1n) is 7.17. The lowest BCUT2D eigenvalue weighted by molar-refractivity contribution is 0.0587. The number of nitrogens with zero attached hydrogens (tertiary/aromatic N) is 1. The lowest BCUT2D eigenvalue weighted by Gasteiger charge is -2.24. The summed E-state index contributed by atoms with van der Waals surface area (Å²) in [4.78, 5) is 2.13. The van der Waals surface area contributed by atoms with E-state index < -0.39 is 6.10 Å². The Hall–Kier alpha value is -1.14. The summed E-state index contributed by atoms with van der Waals surface area (Å²) in [6, 6.07) is 8.11. The van der Waals surface area contributed by atoms with Gasteiger partial charge in [-0.3, -0.25) is 4.90 Å². The van der Waals surface area contributed by atoms with E-state index in [1.165, 1.54) is 0 Å². The van der Waals surface area contributed by atoms with Gasteiger partial charge < -0.3 is 20.7 Å². The lowest BCUT2D eigenvalue weighted by Crippen LogP contribution is -2.38. The van der Waals surface area contributed by atoms with Crippen molar-refractivity contribution >= 4 is 0 Å². The number of ether oxygens (including phenoxy) is 1. The Morgan fingerprint density at radius 3 is 2.85 bits per heavy atom. The molecule has 1 unspecified atom stereocenters. The van der Waals surface area contributed by atoms with Crippen molar-refractivity contribution in [2.45, 2.75) is 31.5 Å². The molecule has 0 aromatic heterocycles. The Bertz CT molecular complexity index is 410. The van der Waals surface area contributed by atoms with Crippen molar-refractivity contribution in [3.05, 3.63) is 29.8 Å². The minimum atomic E-state index is -0.552. The van der Waals surface area contributed by atoms with Crippen molar-refractivity contribution in [1.29, 1.82) is 0 Å². The van der Waals surface area contributed by atoms with E-state index in [0.29, 0.717) is 25.7 Å². The van der Waals surface area contributed by atoms with Gasteiger partial charge in [0.25, 0.3) is 0 Å². The quantitative estimate of drug-likeness (QED) is 0.608. The van der Waals surface area contributed by atoms with E-state index in [2.05, 4.69) is 4.90 Å². The van der Waals surface area contributed by atoms with Crippen LogP contribution >= 0.6 is 0 Å². The molecule has 1 aromatic carbocycles.